The van der Waals surface area contributed by atoms with Crippen molar-refractivity contribution in [1.29, 1.82) is 0 Å². The van der Waals surface area contributed by atoms with Gasteiger partial charge in [-0.2, -0.15) is 0 Å². The molecule has 1 aromatic heterocycles. The SMILES string of the molecule is CCCC1=C(Cn2ccnc2)N=CN2NC(C)=NC12. The molecule has 0 aliphatic carbocycles. The van der Waals surface area contributed by atoms with E-state index in [1.54, 1.807) is 6.20 Å². The summed E-state index contributed by atoms with van der Waals surface area (Å²) in [5.74, 6) is 0.939. The second-order valence-corrected chi connectivity index (χ2v) is 4.81. The number of hydrazine groups is 1. The minimum Gasteiger partial charge on any atom is -0.331 e. The minimum absolute atomic E-state index is 0.0657. The molecule has 6 heteroatoms. The summed E-state index contributed by atoms with van der Waals surface area (Å²) >= 11 is 0. The number of nitrogens with zero attached hydrogens (tertiary/aromatic N) is 5. The largest absolute Gasteiger partial charge is 0.331 e. The van der Waals surface area contributed by atoms with Crippen LogP contribution in [0.25, 0.3) is 0 Å². The average Bonchev–Trinajstić information content (AvgIpc) is 3.01. The minimum atomic E-state index is 0.0657. The maximum absolute atomic E-state index is 4.65. The molecule has 2 aliphatic heterocycles. The topological polar surface area (TPSA) is 57.8 Å². The standard InChI is InChI=1S/C13H18N6/c1-3-4-11-12(7-18-6-5-14-8-18)15-9-19-13(11)16-10(2)17-19/h5-6,8-9,13H,3-4,7H2,1-2H3,(H,16,17). The predicted molar refractivity (Wildman–Crippen MR) is 74.5 cm³/mol. The van der Waals surface area contributed by atoms with E-state index in [-0.39, 0.29) is 6.17 Å². The monoisotopic (exact) mass is 258 g/mol. The summed E-state index contributed by atoms with van der Waals surface area (Å²) in [6.07, 6.45) is 9.57. The van der Waals surface area contributed by atoms with E-state index in [1.165, 1.54) is 5.57 Å². The fraction of sp³-hybridized carbons (Fsp3) is 0.462. The highest BCUT2D eigenvalue weighted by Gasteiger charge is 2.30. The van der Waals surface area contributed by atoms with E-state index >= 15 is 0 Å². The molecule has 0 saturated heterocycles. The van der Waals surface area contributed by atoms with Gasteiger partial charge in [0.1, 0.15) is 12.2 Å². The van der Waals surface area contributed by atoms with Gasteiger partial charge in [0, 0.05) is 12.4 Å². The molecule has 1 unspecified atom stereocenters. The van der Waals surface area contributed by atoms with E-state index in [4.69, 9.17) is 0 Å². The summed E-state index contributed by atoms with van der Waals surface area (Å²) in [6.45, 7) is 4.92. The van der Waals surface area contributed by atoms with Crippen LogP contribution >= 0.6 is 0 Å². The van der Waals surface area contributed by atoms with Gasteiger partial charge in [0.2, 0.25) is 0 Å². The lowest BCUT2D eigenvalue weighted by Gasteiger charge is -2.28. The van der Waals surface area contributed by atoms with Crippen molar-refractivity contribution >= 4 is 12.2 Å². The Bertz CT molecular complexity index is 539. The van der Waals surface area contributed by atoms with Crippen LogP contribution in [-0.4, -0.2) is 32.9 Å². The third-order valence-electron chi connectivity index (χ3n) is 3.30. The number of nitrogens with one attached hydrogen (secondary N) is 1. The molecule has 19 heavy (non-hydrogen) atoms. The van der Waals surface area contributed by atoms with E-state index in [1.807, 2.05) is 35.4 Å². The van der Waals surface area contributed by atoms with Gasteiger partial charge >= 0.3 is 0 Å². The van der Waals surface area contributed by atoms with E-state index < -0.39 is 0 Å². The van der Waals surface area contributed by atoms with Gasteiger partial charge in [-0.3, -0.25) is 5.43 Å². The molecule has 1 N–H and O–H groups in total. The van der Waals surface area contributed by atoms with Crippen molar-refractivity contribution in [1.82, 2.24) is 20.0 Å². The Hall–Kier alpha value is -2.11. The van der Waals surface area contributed by atoms with Gasteiger partial charge in [0.05, 0.1) is 18.6 Å². The number of rotatable bonds is 4. The van der Waals surface area contributed by atoms with Crippen LogP contribution in [0.5, 0.6) is 0 Å². The number of hydrogen-bond donors (Lipinski definition) is 1. The molecule has 6 nitrogen and oxygen atoms in total. The molecule has 0 amide bonds. The summed E-state index contributed by atoms with van der Waals surface area (Å²) in [6, 6.07) is 0. The molecular formula is C13H18N6. The van der Waals surface area contributed by atoms with Gasteiger partial charge in [-0.1, -0.05) is 13.3 Å². The Morgan fingerprint density at radius 2 is 2.32 bits per heavy atom. The highest BCUT2D eigenvalue weighted by molar-refractivity contribution is 5.84. The third-order valence-corrected chi connectivity index (χ3v) is 3.30. The van der Waals surface area contributed by atoms with Gasteiger partial charge in [0.25, 0.3) is 0 Å². The zero-order valence-corrected chi connectivity index (χ0v) is 11.2. The lowest BCUT2D eigenvalue weighted by atomic mass is 10.0. The number of allylic oxidation sites excluding steroid dienone is 1. The molecule has 1 aromatic rings. The van der Waals surface area contributed by atoms with Gasteiger partial charge < -0.3 is 4.57 Å². The Labute approximate surface area is 112 Å². The van der Waals surface area contributed by atoms with Crippen molar-refractivity contribution in [2.45, 2.75) is 39.4 Å². The zero-order chi connectivity index (χ0) is 13.2. The van der Waals surface area contributed by atoms with Gasteiger partial charge in [-0.05, 0) is 18.9 Å². The first kappa shape index (κ1) is 12.0. The second kappa shape index (κ2) is 4.87. The fourth-order valence-corrected chi connectivity index (χ4v) is 2.46. The van der Waals surface area contributed by atoms with Crippen molar-refractivity contribution in [2.75, 3.05) is 0 Å². The molecule has 3 rings (SSSR count). The lowest BCUT2D eigenvalue weighted by Crippen LogP contribution is -2.42. The number of imidazole rings is 1. The van der Waals surface area contributed by atoms with E-state index in [9.17, 15) is 0 Å². The van der Waals surface area contributed by atoms with Crippen molar-refractivity contribution in [3.63, 3.8) is 0 Å². The third kappa shape index (κ3) is 2.25. The van der Waals surface area contributed by atoms with Crippen LogP contribution in [0.3, 0.4) is 0 Å². The van der Waals surface area contributed by atoms with Gasteiger partial charge in [0.15, 0.2) is 6.17 Å². The lowest BCUT2D eigenvalue weighted by molar-refractivity contribution is 0.341. The highest BCUT2D eigenvalue weighted by Crippen LogP contribution is 2.27. The fourth-order valence-electron chi connectivity index (χ4n) is 2.46. The average molecular weight is 258 g/mol. The molecule has 1 atom stereocenters. The van der Waals surface area contributed by atoms with Crippen LogP contribution in [0, 0.1) is 0 Å². The molecule has 0 fully saturated rings. The first-order chi connectivity index (χ1) is 9.28. The summed E-state index contributed by atoms with van der Waals surface area (Å²) < 4.78 is 2.04. The molecular weight excluding hydrogens is 240 g/mol. The van der Waals surface area contributed by atoms with Crippen molar-refractivity contribution in [3.05, 3.63) is 30.0 Å². The van der Waals surface area contributed by atoms with Gasteiger partial charge in [-0.25, -0.2) is 20.0 Å². The maximum atomic E-state index is 4.65. The van der Waals surface area contributed by atoms with E-state index in [0.29, 0.717) is 0 Å². The second-order valence-electron chi connectivity index (χ2n) is 4.81. The number of fused-ring (bicyclic) bond motifs is 1. The van der Waals surface area contributed by atoms with Crippen LogP contribution in [0.4, 0.5) is 0 Å². The summed E-state index contributed by atoms with van der Waals surface area (Å²) in [7, 11) is 0. The number of hydrogen-bond acceptors (Lipinski definition) is 5. The van der Waals surface area contributed by atoms with Crippen molar-refractivity contribution in [2.24, 2.45) is 9.98 Å². The molecule has 0 radical (unpaired) electrons. The smallest absolute Gasteiger partial charge is 0.166 e. The normalized spacial score (nSPS) is 21.5. The van der Waals surface area contributed by atoms with Crippen LogP contribution in [0.15, 0.2) is 40.0 Å². The van der Waals surface area contributed by atoms with Crippen molar-refractivity contribution in [3.8, 4) is 0 Å². The molecule has 100 valence electrons. The summed E-state index contributed by atoms with van der Waals surface area (Å²) in [4.78, 5) is 13.3. The van der Waals surface area contributed by atoms with E-state index in [2.05, 4.69) is 27.3 Å². The molecule has 0 saturated carbocycles. The summed E-state index contributed by atoms with van der Waals surface area (Å²) in [5.41, 5.74) is 5.60. The highest BCUT2D eigenvalue weighted by atomic mass is 15.6. The maximum Gasteiger partial charge on any atom is 0.166 e. The summed E-state index contributed by atoms with van der Waals surface area (Å²) in [5, 5.41) is 1.97. The van der Waals surface area contributed by atoms with Crippen LogP contribution < -0.4 is 5.43 Å². The number of aromatic nitrogens is 2. The molecule has 0 aromatic carbocycles. The van der Waals surface area contributed by atoms with E-state index in [0.717, 1.165) is 30.9 Å². The molecule has 0 bridgehead atoms. The first-order valence-corrected chi connectivity index (χ1v) is 6.59. The predicted octanol–water partition coefficient (Wildman–Crippen LogP) is 1.54. The van der Waals surface area contributed by atoms with Crippen molar-refractivity contribution < 1.29 is 0 Å². The zero-order valence-electron chi connectivity index (χ0n) is 11.2. The van der Waals surface area contributed by atoms with Crippen LogP contribution in [-0.2, 0) is 6.54 Å². The van der Waals surface area contributed by atoms with Crippen LogP contribution in [0.2, 0.25) is 0 Å². The Balaban J connectivity index is 1.91. The Morgan fingerprint density at radius 3 is 3.05 bits per heavy atom. The number of amidine groups is 1. The number of aliphatic imine (C=N–C) groups is 2. The van der Waals surface area contributed by atoms with Crippen LogP contribution in [0.1, 0.15) is 26.7 Å². The quantitative estimate of drug-likeness (QED) is 0.891. The molecule has 0 spiro atoms. The Morgan fingerprint density at radius 1 is 1.42 bits per heavy atom. The first-order valence-electron chi connectivity index (χ1n) is 6.59. The Kier molecular flexibility index (Phi) is 3.06. The molecule has 3 heterocycles. The van der Waals surface area contributed by atoms with Gasteiger partial charge in [-0.15, -0.1) is 0 Å². The molecule has 2 aliphatic rings.